The molecule has 6 heterocycles. The second-order valence-corrected chi connectivity index (χ2v) is 19.3. The normalized spacial score (nSPS) is 19.7. The minimum atomic E-state index is -4.77. The molecule has 5 aromatic rings. The molecule has 1 spiro atoms. The SMILES string of the molecule is C#C/C=C\C=C(/C)C[C@H]1COc2nc(S(=O)(=O)NC(=O)c3ccc(N4CC5(CC(N6CCCC6c6ccccc6C(C)C)C5)C4)cc3Oc3cnc4[nH]ccc4c3)cc([N+](=O)[O-])c2N1. The number of fused-ring (bicyclic) bond motifs is 2. The summed E-state index contributed by atoms with van der Waals surface area (Å²) in [4.78, 5) is 42.1. The summed E-state index contributed by atoms with van der Waals surface area (Å²) in [5.41, 5.74) is 4.81. The number of terminal acetylenes is 1. The number of aromatic nitrogens is 3. The zero-order valence-electron chi connectivity index (χ0n) is 35.9. The minimum Gasteiger partial charge on any atom is -0.474 e. The quantitative estimate of drug-likeness (QED) is 0.0445. The van der Waals surface area contributed by atoms with Crippen LogP contribution in [-0.4, -0.2) is 77.4 Å². The molecule has 64 heavy (non-hydrogen) atoms. The van der Waals surface area contributed by atoms with Crippen LogP contribution in [0.5, 0.6) is 17.4 Å². The third-order valence-electron chi connectivity index (χ3n) is 12.9. The van der Waals surface area contributed by atoms with E-state index in [9.17, 15) is 23.3 Å². The van der Waals surface area contributed by atoms with Gasteiger partial charge in [-0.15, -0.1) is 6.42 Å². The first kappa shape index (κ1) is 42.6. The summed E-state index contributed by atoms with van der Waals surface area (Å²) in [5, 5.41) is 15.4. The van der Waals surface area contributed by atoms with E-state index in [1.165, 1.54) is 36.2 Å². The highest BCUT2D eigenvalue weighted by Crippen LogP contribution is 2.54. The number of sulfonamides is 1. The van der Waals surface area contributed by atoms with Crippen LogP contribution < -0.4 is 24.4 Å². The molecule has 3 aliphatic heterocycles. The van der Waals surface area contributed by atoms with E-state index in [4.69, 9.17) is 15.9 Å². The number of allylic oxidation sites excluding steroid dienone is 3. The average Bonchev–Trinajstić information content (AvgIpc) is 3.92. The maximum Gasteiger partial charge on any atom is 0.300 e. The van der Waals surface area contributed by atoms with E-state index in [-0.39, 0.29) is 40.9 Å². The first-order valence-electron chi connectivity index (χ1n) is 21.6. The number of H-pyrrole nitrogens is 1. The number of nitro groups is 1. The number of benzene rings is 2. The number of carbonyl (C=O) groups excluding carboxylic acids is 1. The van der Waals surface area contributed by atoms with E-state index in [2.05, 4.69) is 78.8 Å². The highest BCUT2D eigenvalue weighted by Gasteiger charge is 2.55. The van der Waals surface area contributed by atoms with E-state index in [0.717, 1.165) is 55.2 Å². The Morgan fingerprint density at radius 2 is 1.98 bits per heavy atom. The summed E-state index contributed by atoms with van der Waals surface area (Å²) in [6.45, 7) is 9.28. The summed E-state index contributed by atoms with van der Waals surface area (Å²) >= 11 is 0. The molecule has 2 atom stereocenters. The number of nitrogens with zero attached hydrogens (tertiary/aromatic N) is 5. The van der Waals surface area contributed by atoms with Gasteiger partial charge in [0.1, 0.15) is 23.8 Å². The molecule has 9 rings (SSSR count). The first-order valence-corrected chi connectivity index (χ1v) is 23.1. The van der Waals surface area contributed by atoms with Crippen LogP contribution in [0.4, 0.5) is 17.1 Å². The number of nitrogens with one attached hydrogen (secondary N) is 3. The van der Waals surface area contributed by atoms with Crippen LogP contribution in [0.25, 0.3) is 11.0 Å². The van der Waals surface area contributed by atoms with Gasteiger partial charge in [-0.1, -0.05) is 61.8 Å². The average molecular weight is 883 g/mol. The second-order valence-electron chi connectivity index (χ2n) is 17.7. The fourth-order valence-corrected chi connectivity index (χ4v) is 10.8. The lowest BCUT2D eigenvalue weighted by atomic mass is 9.60. The Kier molecular flexibility index (Phi) is 11.4. The molecule has 1 saturated carbocycles. The standard InChI is InChI=1S/C48H50N8O7S/c1-5-6-7-11-31(4)20-33-27-62-47-44(51-33)41(56(58)59)23-43(52-47)64(60,61)53-46(57)39-16-15-34(22-42(39)63-36-21-32-17-18-49-45(32)50-26-36)54-28-48(29-54)24-35(25-48)55-19-10-14-40(55)38-13-9-8-12-37(38)30(2)3/h1,6-9,11-13,15-18,21-23,26,30,33,35,40,51H,10,14,19-20,24-25,27-29H2,2-4H3,(H,49,50)(H,53,57)/b7-6-,31-11+/t33-,40?/m0/s1. The molecule has 1 amide bonds. The number of hydrogen-bond acceptors (Lipinski definition) is 12. The third kappa shape index (κ3) is 8.40. The fourth-order valence-electron chi connectivity index (χ4n) is 9.86. The number of aromatic amines is 1. The lowest BCUT2D eigenvalue weighted by Crippen LogP contribution is -2.66. The number of anilines is 2. The summed E-state index contributed by atoms with van der Waals surface area (Å²) < 4.78 is 41.8. The number of pyridine rings is 2. The first-order chi connectivity index (χ1) is 30.8. The van der Waals surface area contributed by atoms with Crippen molar-refractivity contribution < 1.29 is 27.6 Å². The van der Waals surface area contributed by atoms with Crippen molar-refractivity contribution in [3.05, 3.63) is 124 Å². The van der Waals surface area contributed by atoms with E-state index >= 15 is 0 Å². The largest absolute Gasteiger partial charge is 0.474 e. The Bertz CT molecular complexity index is 2850. The molecule has 4 aliphatic rings. The molecule has 330 valence electrons. The lowest BCUT2D eigenvalue weighted by Gasteiger charge is -2.62. The smallest absolute Gasteiger partial charge is 0.300 e. The highest BCUT2D eigenvalue weighted by atomic mass is 32.2. The van der Waals surface area contributed by atoms with Gasteiger partial charge in [-0.05, 0) is 93.0 Å². The number of likely N-dealkylation sites (tertiary alicyclic amines) is 1. The van der Waals surface area contributed by atoms with E-state index in [0.29, 0.717) is 35.8 Å². The topological polar surface area (TPSA) is 185 Å². The van der Waals surface area contributed by atoms with Crippen LogP contribution in [0.15, 0.2) is 102 Å². The van der Waals surface area contributed by atoms with Gasteiger partial charge in [-0.25, -0.2) is 9.71 Å². The van der Waals surface area contributed by atoms with Crippen molar-refractivity contribution in [3.8, 4) is 29.7 Å². The molecule has 1 unspecified atom stereocenters. The highest BCUT2D eigenvalue weighted by molar-refractivity contribution is 7.90. The van der Waals surface area contributed by atoms with Gasteiger partial charge in [0, 0.05) is 53.9 Å². The zero-order chi connectivity index (χ0) is 44.8. The predicted octanol–water partition coefficient (Wildman–Crippen LogP) is 8.41. The monoisotopic (exact) mass is 882 g/mol. The molecule has 15 nitrogen and oxygen atoms in total. The van der Waals surface area contributed by atoms with Crippen molar-refractivity contribution in [1.82, 2.24) is 24.6 Å². The number of amides is 1. The summed E-state index contributed by atoms with van der Waals surface area (Å²) in [6.07, 6.45) is 18.7. The van der Waals surface area contributed by atoms with Gasteiger partial charge in [0.2, 0.25) is 5.88 Å². The summed E-state index contributed by atoms with van der Waals surface area (Å²) in [7, 11) is -4.77. The lowest BCUT2D eigenvalue weighted by molar-refractivity contribution is -0.384. The van der Waals surface area contributed by atoms with Crippen molar-refractivity contribution in [2.75, 3.05) is 36.5 Å². The second kappa shape index (κ2) is 17.1. The molecule has 1 aliphatic carbocycles. The van der Waals surface area contributed by atoms with E-state index in [1.807, 2.05) is 19.1 Å². The van der Waals surface area contributed by atoms with E-state index < -0.39 is 31.6 Å². The maximum absolute atomic E-state index is 14.0. The number of carbonyl (C=O) groups is 1. The van der Waals surface area contributed by atoms with Crippen molar-refractivity contribution >= 4 is 44.0 Å². The van der Waals surface area contributed by atoms with Crippen LogP contribution in [-0.2, 0) is 10.0 Å². The van der Waals surface area contributed by atoms with Crippen molar-refractivity contribution in [1.29, 1.82) is 0 Å². The Balaban J connectivity index is 0.924. The van der Waals surface area contributed by atoms with Gasteiger partial charge in [-0.3, -0.25) is 19.8 Å². The molecular formula is C48H50N8O7S. The molecule has 16 heteroatoms. The van der Waals surface area contributed by atoms with Gasteiger partial charge in [0.15, 0.2) is 10.7 Å². The third-order valence-corrected chi connectivity index (χ3v) is 14.1. The molecule has 0 bridgehead atoms. The summed E-state index contributed by atoms with van der Waals surface area (Å²) in [5.74, 6) is 2.05. The molecule has 0 radical (unpaired) electrons. The van der Waals surface area contributed by atoms with Crippen LogP contribution in [0.3, 0.4) is 0 Å². The van der Waals surface area contributed by atoms with Crippen molar-refractivity contribution in [3.63, 3.8) is 0 Å². The predicted molar refractivity (Wildman–Crippen MR) is 244 cm³/mol. The van der Waals surface area contributed by atoms with Crippen molar-refractivity contribution in [2.24, 2.45) is 5.41 Å². The molecule has 2 aromatic carbocycles. The molecule has 3 fully saturated rings. The Morgan fingerprint density at radius 1 is 1.17 bits per heavy atom. The molecular weight excluding hydrogens is 833 g/mol. The van der Waals surface area contributed by atoms with Crippen LogP contribution >= 0.6 is 0 Å². The number of hydrogen-bond donors (Lipinski definition) is 3. The fraction of sp³-hybridized carbons (Fsp3) is 0.354. The number of ether oxygens (including phenoxy) is 2. The molecule has 2 saturated heterocycles. The van der Waals surface area contributed by atoms with Crippen molar-refractivity contribution in [2.45, 2.75) is 81.9 Å². The van der Waals surface area contributed by atoms with Gasteiger partial charge in [0.25, 0.3) is 15.9 Å². The number of rotatable bonds is 13. The van der Waals surface area contributed by atoms with E-state index in [1.54, 1.807) is 36.5 Å². The van der Waals surface area contributed by atoms with Gasteiger partial charge < -0.3 is 24.7 Å². The minimum absolute atomic E-state index is 0.0542. The van der Waals surface area contributed by atoms with Gasteiger partial charge >= 0.3 is 5.69 Å². The Morgan fingerprint density at radius 3 is 2.77 bits per heavy atom. The zero-order valence-corrected chi connectivity index (χ0v) is 36.7. The summed E-state index contributed by atoms with van der Waals surface area (Å²) in [6, 6.07) is 19.0. The van der Waals surface area contributed by atoms with Crippen LogP contribution in [0, 0.1) is 27.9 Å². The van der Waals surface area contributed by atoms with Crippen LogP contribution in [0.1, 0.15) is 86.3 Å². The van der Waals surface area contributed by atoms with Gasteiger partial charge in [-0.2, -0.15) is 13.4 Å². The molecule has 3 N–H and O–H groups in total. The van der Waals surface area contributed by atoms with Crippen LogP contribution in [0.2, 0.25) is 0 Å². The molecule has 3 aromatic heterocycles. The maximum atomic E-state index is 14.0. The van der Waals surface area contributed by atoms with Gasteiger partial charge in [0.05, 0.1) is 28.8 Å². The Labute approximate surface area is 372 Å². The Hall–Kier alpha value is -6.70.